The summed E-state index contributed by atoms with van der Waals surface area (Å²) in [7, 11) is 0. The Morgan fingerprint density at radius 1 is 1.50 bits per heavy atom. The van der Waals surface area contributed by atoms with Crippen LogP contribution in [0.2, 0.25) is 5.02 Å². The second-order valence-electron chi connectivity index (χ2n) is 5.73. The number of fused-ring (bicyclic) bond motifs is 1. The van der Waals surface area contributed by atoms with Crippen LogP contribution in [0, 0.1) is 13.8 Å². The largest absolute Gasteiger partial charge is 0.361 e. The Morgan fingerprint density at radius 2 is 2.33 bits per heavy atom. The van der Waals surface area contributed by atoms with E-state index in [1.54, 1.807) is 11.8 Å². The van der Waals surface area contributed by atoms with E-state index in [9.17, 15) is 4.79 Å². The normalized spacial score (nSPS) is 16.7. The molecule has 1 unspecified atom stereocenters. The average molecular weight is 383 g/mol. The van der Waals surface area contributed by atoms with Gasteiger partial charge in [-0.25, -0.2) is 0 Å². The molecule has 2 heterocycles. The van der Waals surface area contributed by atoms with E-state index in [0.29, 0.717) is 10.8 Å². The summed E-state index contributed by atoms with van der Waals surface area (Å²) in [5.74, 6) is 3.04. The summed E-state index contributed by atoms with van der Waals surface area (Å²) in [6.07, 6.45) is 0.929. The highest BCUT2D eigenvalue weighted by Gasteiger charge is 2.22. The molecule has 0 saturated heterocycles. The molecule has 0 fully saturated rings. The summed E-state index contributed by atoms with van der Waals surface area (Å²) >= 11 is 9.50. The van der Waals surface area contributed by atoms with Gasteiger partial charge in [0.2, 0.25) is 5.91 Å². The van der Waals surface area contributed by atoms with Crippen LogP contribution in [-0.2, 0) is 10.5 Å². The summed E-state index contributed by atoms with van der Waals surface area (Å²) in [6, 6.07) is 5.95. The van der Waals surface area contributed by atoms with Crippen molar-refractivity contribution < 1.29 is 9.32 Å². The Bertz CT molecular complexity index is 729. The number of hydrogen-bond acceptors (Lipinski definition) is 5. The van der Waals surface area contributed by atoms with E-state index in [0.717, 1.165) is 40.5 Å². The fourth-order valence-electron chi connectivity index (χ4n) is 2.70. The molecule has 0 radical (unpaired) electrons. The van der Waals surface area contributed by atoms with Crippen LogP contribution in [0.5, 0.6) is 0 Å². The molecular formula is C17H19ClN2O2S2. The number of aromatic nitrogens is 1. The maximum absolute atomic E-state index is 12.3. The smallest absolute Gasteiger partial charge is 0.230 e. The molecule has 3 rings (SSSR count). The minimum atomic E-state index is 0.0483. The van der Waals surface area contributed by atoms with Crippen LogP contribution in [0.25, 0.3) is 0 Å². The molecule has 2 aromatic rings. The molecule has 24 heavy (non-hydrogen) atoms. The minimum Gasteiger partial charge on any atom is -0.361 e. The lowest BCUT2D eigenvalue weighted by Crippen LogP contribution is -2.31. The van der Waals surface area contributed by atoms with E-state index in [2.05, 4.69) is 10.5 Å². The van der Waals surface area contributed by atoms with Crippen molar-refractivity contribution in [1.29, 1.82) is 0 Å². The van der Waals surface area contributed by atoms with Gasteiger partial charge in [0.1, 0.15) is 5.76 Å². The Kier molecular flexibility index (Phi) is 5.79. The van der Waals surface area contributed by atoms with Gasteiger partial charge in [0.05, 0.1) is 17.5 Å². The molecular weight excluding hydrogens is 364 g/mol. The first-order chi connectivity index (χ1) is 11.5. The van der Waals surface area contributed by atoms with E-state index in [1.165, 1.54) is 4.90 Å². The second kappa shape index (κ2) is 7.85. The molecule has 4 nitrogen and oxygen atoms in total. The minimum absolute atomic E-state index is 0.0483. The monoisotopic (exact) mass is 382 g/mol. The highest BCUT2D eigenvalue weighted by molar-refractivity contribution is 7.99. The third-order valence-electron chi connectivity index (χ3n) is 4.01. The lowest BCUT2D eigenvalue weighted by atomic mass is 10.0. The van der Waals surface area contributed by atoms with Crippen LogP contribution in [0.15, 0.2) is 27.6 Å². The van der Waals surface area contributed by atoms with Crippen molar-refractivity contribution in [2.45, 2.75) is 37.0 Å². The maximum Gasteiger partial charge on any atom is 0.230 e. The molecule has 7 heteroatoms. The Balaban J connectivity index is 1.55. The van der Waals surface area contributed by atoms with Crippen molar-refractivity contribution in [3.63, 3.8) is 0 Å². The zero-order chi connectivity index (χ0) is 17.1. The molecule has 1 aromatic carbocycles. The number of benzene rings is 1. The van der Waals surface area contributed by atoms with Crippen molar-refractivity contribution in [2.24, 2.45) is 0 Å². The van der Waals surface area contributed by atoms with Gasteiger partial charge >= 0.3 is 0 Å². The van der Waals surface area contributed by atoms with Crippen LogP contribution in [-0.4, -0.2) is 22.6 Å². The number of nitrogens with zero attached hydrogens (tertiary/aromatic N) is 1. The number of carbonyl (C=O) groups excluding carboxylic acids is 1. The topological polar surface area (TPSA) is 55.1 Å². The lowest BCUT2D eigenvalue weighted by molar-refractivity contribution is -0.119. The highest BCUT2D eigenvalue weighted by Crippen LogP contribution is 2.37. The fourth-order valence-corrected chi connectivity index (χ4v) is 4.98. The van der Waals surface area contributed by atoms with Gasteiger partial charge in [-0.1, -0.05) is 16.8 Å². The predicted octanol–water partition coefficient (Wildman–Crippen LogP) is 4.53. The fraction of sp³-hybridized carbons (Fsp3) is 0.412. The standard InChI is InChI=1S/C17H19ClN2O2S2/c1-10-14(11(2)22-20-10)8-23-9-17(21)19-15-5-6-24-16-4-3-12(18)7-13(15)16/h3-4,7,15H,5-6,8-9H2,1-2H3,(H,19,21). The number of nitrogens with one attached hydrogen (secondary N) is 1. The number of aryl methyl sites for hydroxylation is 2. The predicted molar refractivity (Wildman–Crippen MR) is 99.8 cm³/mol. The Labute approximate surface area is 155 Å². The van der Waals surface area contributed by atoms with Crippen LogP contribution >= 0.6 is 35.1 Å². The molecule has 0 spiro atoms. The first kappa shape index (κ1) is 17.7. The Hall–Kier alpha value is -1.11. The third kappa shape index (κ3) is 4.10. The van der Waals surface area contributed by atoms with E-state index in [1.807, 2.05) is 43.8 Å². The van der Waals surface area contributed by atoms with Crippen molar-refractivity contribution in [3.05, 3.63) is 45.8 Å². The van der Waals surface area contributed by atoms with Crippen molar-refractivity contribution in [3.8, 4) is 0 Å². The van der Waals surface area contributed by atoms with E-state index in [4.69, 9.17) is 16.1 Å². The highest BCUT2D eigenvalue weighted by atomic mass is 35.5. The van der Waals surface area contributed by atoms with Gasteiger partial charge in [-0.3, -0.25) is 4.79 Å². The van der Waals surface area contributed by atoms with E-state index >= 15 is 0 Å². The van der Waals surface area contributed by atoms with Gasteiger partial charge in [-0.15, -0.1) is 23.5 Å². The molecule has 128 valence electrons. The van der Waals surface area contributed by atoms with E-state index < -0.39 is 0 Å². The lowest BCUT2D eigenvalue weighted by Gasteiger charge is -2.26. The van der Waals surface area contributed by atoms with Crippen molar-refractivity contribution in [1.82, 2.24) is 10.5 Å². The summed E-state index contributed by atoms with van der Waals surface area (Å²) in [4.78, 5) is 13.5. The summed E-state index contributed by atoms with van der Waals surface area (Å²) in [6.45, 7) is 3.82. The molecule has 0 saturated carbocycles. The number of amides is 1. The van der Waals surface area contributed by atoms with Crippen LogP contribution < -0.4 is 5.32 Å². The zero-order valence-electron chi connectivity index (χ0n) is 13.6. The number of halogens is 1. The number of rotatable bonds is 5. The molecule has 1 amide bonds. The van der Waals surface area contributed by atoms with Gasteiger partial charge in [-0.2, -0.15) is 0 Å². The van der Waals surface area contributed by atoms with Crippen molar-refractivity contribution in [2.75, 3.05) is 11.5 Å². The van der Waals surface area contributed by atoms with Crippen LogP contribution in [0.4, 0.5) is 0 Å². The quantitative estimate of drug-likeness (QED) is 0.823. The van der Waals surface area contributed by atoms with Crippen LogP contribution in [0.3, 0.4) is 0 Å². The second-order valence-corrected chi connectivity index (χ2v) is 8.29. The SMILES string of the molecule is Cc1noc(C)c1CSCC(=O)NC1CCSc2ccc(Cl)cc21. The summed E-state index contributed by atoms with van der Waals surface area (Å²) in [5.41, 5.74) is 3.11. The third-order valence-corrected chi connectivity index (χ3v) is 6.32. The van der Waals surface area contributed by atoms with Gasteiger partial charge < -0.3 is 9.84 Å². The number of hydrogen-bond donors (Lipinski definition) is 1. The van der Waals surface area contributed by atoms with Gasteiger partial charge in [0.15, 0.2) is 0 Å². The van der Waals surface area contributed by atoms with E-state index in [-0.39, 0.29) is 11.9 Å². The first-order valence-electron chi connectivity index (χ1n) is 7.75. The molecule has 1 aliphatic heterocycles. The molecule has 1 atom stereocenters. The molecule has 1 aliphatic rings. The maximum atomic E-state index is 12.3. The molecule has 1 aromatic heterocycles. The average Bonchev–Trinajstić information content (AvgIpc) is 2.87. The van der Waals surface area contributed by atoms with Crippen molar-refractivity contribution >= 4 is 41.0 Å². The first-order valence-corrected chi connectivity index (χ1v) is 10.3. The zero-order valence-corrected chi connectivity index (χ0v) is 16.0. The summed E-state index contributed by atoms with van der Waals surface area (Å²) < 4.78 is 5.15. The molecule has 0 bridgehead atoms. The molecule has 0 aliphatic carbocycles. The summed E-state index contributed by atoms with van der Waals surface area (Å²) in [5, 5.41) is 7.79. The van der Waals surface area contributed by atoms with Crippen LogP contribution in [0.1, 0.15) is 35.0 Å². The van der Waals surface area contributed by atoms with Gasteiger partial charge in [0.25, 0.3) is 0 Å². The number of carbonyl (C=O) groups is 1. The molecule has 1 N–H and O–H groups in total. The number of thioether (sulfide) groups is 2. The van der Waals surface area contributed by atoms with Gasteiger partial charge in [-0.05, 0) is 44.0 Å². The van der Waals surface area contributed by atoms with Gasteiger partial charge in [0, 0.05) is 27.0 Å². The Morgan fingerprint density at radius 3 is 3.08 bits per heavy atom.